The van der Waals surface area contributed by atoms with Crippen molar-refractivity contribution in [3.05, 3.63) is 59.9 Å². The van der Waals surface area contributed by atoms with Crippen LogP contribution in [0.1, 0.15) is 31.2 Å². The number of aryl methyl sites for hydroxylation is 1. The Morgan fingerprint density at radius 1 is 1.07 bits per heavy atom. The Morgan fingerprint density at radius 3 is 2.29 bits per heavy atom. The summed E-state index contributed by atoms with van der Waals surface area (Å²) in [7, 11) is -3.45. The van der Waals surface area contributed by atoms with Crippen LogP contribution < -0.4 is 5.32 Å². The van der Waals surface area contributed by atoms with E-state index in [0.29, 0.717) is 42.4 Å². The number of amides is 1. The maximum Gasteiger partial charge on any atom is 0.243 e. The Morgan fingerprint density at radius 2 is 1.68 bits per heavy atom. The van der Waals surface area contributed by atoms with Gasteiger partial charge in [0.15, 0.2) is 0 Å². The summed E-state index contributed by atoms with van der Waals surface area (Å²) in [6, 6.07) is 12.6. The second-order valence-electron chi connectivity index (χ2n) is 7.25. The maximum absolute atomic E-state index is 12.9. The van der Waals surface area contributed by atoms with Crippen molar-refractivity contribution in [1.29, 1.82) is 0 Å². The van der Waals surface area contributed by atoms with Crippen LogP contribution in [0.3, 0.4) is 0 Å². The molecule has 1 amide bonds. The summed E-state index contributed by atoms with van der Waals surface area (Å²) < 4.78 is 39.9. The first-order valence-electron chi connectivity index (χ1n) is 9.47. The van der Waals surface area contributed by atoms with Gasteiger partial charge in [0.2, 0.25) is 15.9 Å². The first-order chi connectivity index (χ1) is 13.3. The van der Waals surface area contributed by atoms with Crippen molar-refractivity contribution in [3.8, 4) is 0 Å². The quantitative estimate of drug-likeness (QED) is 0.793. The van der Waals surface area contributed by atoms with Crippen molar-refractivity contribution >= 4 is 21.6 Å². The number of rotatable bonds is 6. The van der Waals surface area contributed by atoms with Crippen LogP contribution in [0, 0.1) is 18.7 Å². The van der Waals surface area contributed by atoms with Crippen molar-refractivity contribution in [2.24, 2.45) is 5.92 Å². The lowest BCUT2D eigenvalue weighted by Crippen LogP contribution is -2.38. The number of sulfonamides is 1. The van der Waals surface area contributed by atoms with Crippen LogP contribution in [0.15, 0.2) is 53.4 Å². The standard InChI is InChI=1S/C21H25FN2O3S/c1-16-2-9-20(10-3-16)28(26,27)24-14-12-17(13-15-24)4-11-21(25)23-19-7-5-18(22)6-8-19/h2-3,5-10,17H,4,11-15H2,1H3,(H,23,25). The van der Waals surface area contributed by atoms with E-state index in [9.17, 15) is 17.6 Å². The molecule has 1 heterocycles. The lowest BCUT2D eigenvalue weighted by atomic mass is 9.93. The molecule has 5 nitrogen and oxygen atoms in total. The van der Waals surface area contributed by atoms with Gasteiger partial charge in [-0.3, -0.25) is 4.79 Å². The Hall–Kier alpha value is -2.25. The van der Waals surface area contributed by atoms with Crippen LogP contribution in [-0.4, -0.2) is 31.7 Å². The molecule has 0 unspecified atom stereocenters. The van der Waals surface area contributed by atoms with Crippen LogP contribution in [-0.2, 0) is 14.8 Å². The first-order valence-corrected chi connectivity index (χ1v) is 10.9. The maximum atomic E-state index is 12.9. The van der Waals surface area contributed by atoms with E-state index in [0.717, 1.165) is 18.4 Å². The Bertz CT molecular complexity index is 904. The molecule has 3 rings (SSSR count). The average Bonchev–Trinajstić information content (AvgIpc) is 2.69. The molecule has 1 N–H and O–H groups in total. The summed E-state index contributed by atoms with van der Waals surface area (Å²) >= 11 is 0. The number of benzene rings is 2. The topological polar surface area (TPSA) is 66.5 Å². The fourth-order valence-electron chi connectivity index (χ4n) is 3.39. The molecule has 1 aliphatic rings. The first kappa shape index (κ1) is 20.5. The zero-order valence-electron chi connectivity index (χ0n) is 15.9. The second kappa shape index (κ2) is 8.84. The van der Waals surface area contributed by atoms with Gasteiger partial charge >= 0.3 is 0 Å². The number of carbonyl (C=O) groups is 1. The minimum absolute atomic E-state index is 0.110. The molecule has 2 aromatic rings. The van der Waals surface area contributed by atoms with Gasteiger partial charge < -0.3 is 5.32 Å². The zero-order chi connectivity index (χ0) is 20.1. The van der Waals surface area contributed by atoms with Gasteiger partial charge in [-0.15, -0.1) is 0 Å². The number of anilines is 1. The molecule has 150 valence electrons. The summed E-state index contributed by atoms with van der Waals surface area (Å²) in [6.07, 6.45) is 2.57. The van der Waals surface area contributed by atoms with Gasteiger partial charge in [0.05, 0.1) is 4.90 Å². The highest BCUT2D eigenvalue weighted by atomic mass is 32.2. The van der Waals surface area contributed by atoms with E-state index in [-0.39, 0.29) is 11.7 Å². The van der Waals surface area contributed by atoms with Gasteiger partial charge in [-0.2, -0.15) is 4.31 Å². The molecule has 1 aliphatic heterocycles. The van der Waals surface area contributed by atoms with Crippen molar-refractivity contribution in [2.75, 3.05) is 18.4 Å². The van der Waals surface area contributed by atoms with Crippen molar-refractivity contribution in [3.63, 3.8) is 0 Å². The molecule has 1 fully saturated rings. The minimum atomic E-state index is -3.45. The van der Waals surface area contributed by atoms with E-state index in [1.54, 1.807) is 24.3 Å². The predicted molar refractivity (Wildman–Crippen MR) is 107 cm³/mol. The SMILES string of the molecule is Cc1ccc(S(=O)(=O)N2CCC(CCC(=O)Nc3ccc(F)cc3)CC2)cc1. The molecule has 0 radical (unpaired) electrons. The summed E-state index contributed by atoms with van der Waals surface area (Å²) in [5.41, 5.74) is 1.60. The average molecular weight is 405 g/mol. The van der Waals surface area contributed by atoms with Crippen LogP contribution >= 0.6 is 0 Å². The van der Waals surface area contributed by atoms with Crippen LogP contribution in [0.5, 0.6) is 0 Å². The van der Waals surface area contributed by atoms with Gasteiger partial charge in [0.25, 0.3) is 0 Å². The zero-order valence-corrected chi connectivity index (χ0v) is 16.7. The lowest BCUT2D eigenvalue weighted by Gasteiger charge is -2.31. The van der Waals surface area contributed by atoms with Crippen LogP contribution in [0.4, 0.5) is 10.1 Å². The highest BCUT2D eigenvalue weighted by Crippen LogP contribution is 2.26. The number of nitrogens with one attached hydrogen (secondary N) is 1. The van der Waals surface area contributed by atoms with Gasteiger partial charge in [0, 0.05) is 25.2 Å². The molecule has 0 atom stereocenters. The van der Waals surface area contributed by atoms with Crippen LogP contribution in [0.25, 0.3) is 0 Å². The normalized spacial score (nSPS) is 16.1. The molecular weight excluding hydrogens is 379 g/mol. The Balaban J connectivity index is 1.46. The molecule has 0 aliphatic carbocycles. The van der Waals surface area contributed by atoms with Crippen molar-refractivity contribution in [1.82, 2.24) is 4.31 Å². The van der Waals surface area contributed by atoms with E-state index in [1.165, 1.54) is 28.6 Å². The smallest absolute Gasteiger partial charge is 0.243 e. The van der Waals surface area contributed by atoms with Gasteiger partial charge in [-0.05, 0) is 68.5 Å². The number of halogens is 1. The minimum Gasteiger partial charge on any atom is -0.326 e. The third-order valence-electron chi connectivity index (χ3n) is 5.14. The number of nitrogens with zero attached hydrogens (tertiary/aromatic N) is 1. The van der Waals surface area contributed by atoms with E-state index < -0.39 is 10.0 Å². The number of hydrogen-bond donors (Lipinski definition) is 1. The van der Waals surface area contributed by atoms with Crippen molar-refractivity contribution < 1.29 is 17.6 Å². The molecular formula is C21H25FN2O3S. The van der Waals surface area contributed by atoms with E-state index >= 15 is 0 Å². The third-order valence-corrected chi connectivity index (χ3v) is 7.05. The predicted octanol–water partition coefficient (Wildman–Crippen LogP) is 3.95. The monoisotopic (exact) mass is 404 g/mol. The molecule has 28 heavy (non-hydrogen) atoms. The molecule has 7 heteroatoms. The summed E-state index contributed by atoms with van der Waals surface area (Å²) in [4.78, 5) is 12.4. The number of hydrogen-bond acceptors (Lipinski definition) is 3. The second-order valence-corrected chi connectivity index (χ2v) is 9.19. The fourth-order valence-corrected chi connectivity index (χ4v) is 4.86. The molecule has 0 aromatic heterocycles. The molecule has 2 aromatic carbocycles. The van der Waals surface area contributed by atoms with Gasteiger partial charge in [-0.1, -0.05) is 17.7 Å². The third kappa shape index (κ3) is 5.17. The van der Waals surface area contributed by atoms with Gasteiger partial charge in [0.1, 0.15) is 5.82 Å². The van der Waals surface area contributed by atoms with Gasteiger partial charge in [-0.25, -0.2) is 12.8 Å². The number of piperidine rings is 1. The van der Waals surface area contributed by atoms with Crippen molar-refractivity contribution in [2.45, 2.75) is 37.5 Å². The van der Waals surface area contributed by atoms with E-state index in [2.05, 4.69) is 5.32 Å². The summed E-state index contributed by atoms with van der Waals surface area (Å²) in [6.45, 7) is 2.87. The van der Waals surface area contributed by atoms with E-state index in [4.69, 9.17) is 0 Å². The highest BCUT2D eigenvalue weighted by molar-refractivity contribution is 7.89. The van der Waals surface area contributed by atoms with E-state index in [1.807, 2.05) is 6.92 Å². The molecule has 0 saturated carbocycles. The molecule has 0 bridgehead atoms. The fraction of sp³-hybridized carbons (Fsp3) is 0.381. The summed E-state index contributed by atoms with van der Waals surface area (Å²) in [5.74, 6) is -0.130. The summed E-state index contributed by atoms with van der Waals surface area (Å²) in [5, 5.41) is 2.76. The lowest BCUT2D eigenvalue weighted by molar-refractivity contribution is -0.116. The number of carbonyl (C=O) groups excluding carboxylic acids is 1. The molecule has 1 saturated heterocycles. The largest absolute Gasteiger partial charge is 0.326 e. The Labute approximate surface area is 165 Å². The Kier molecular flexibility index (Phi) is 6.46. The highest BCUT2D eigenvalue weighted by Gasteiger charge is 2.29. The molecule has 0 spiro atoms. The van der Waals surface area contributed by atoms with Crippen LogP contribution in [0.2, 0.25) is 0 Å².